The predicted octanol–water partition coefficient (Wildman–Crippen LogP) is 3.93. The van der Waals surface area contributed by atoms with Crippen LogP contribution in [0.25, 0.3) is 28.0 Å². The summed E-state index contributed by atoms with van der Waals surface area (Å²) in [4.78, 5) is 31.0. The molecule has 0 atom stereocenters. The first kappa shape index (κ1) is 26.5. The molecule has 0 radical (unpaired) electrons. The summed E-state index contributed by atoms with van der Waals surface area (Å²) in [5.74, 6) is 0.836. The minimum atomic E-state index is -0.741. The van der Waals surface area contributed by atoms with Gasteiger partial charge in [-0.25, -0.2) is 4.79 Å². The van der Waals surface area contributed by atoms with Crippen molar-refractivity contribution in [2.24, 2.45) is 0 Å². The summed E-state index contributed by atoms with van der Waals surface area (Å²) in [5.41, 5.74) is 1.79. The van der Waals surface area contributed by atoms with E-state index in [9.17, 15) is 14.9 Å². The maximum Gasteiger partial charge on any atom is 0.494 e. The molecule has 0 aromatic heterocycles. The highest BCUT2D eigenvalue weighted by Crippen LogP contribution is 2.36. The highest BCUT2D eigenvalue weighted by atomic mass is 16.7. The molecule has 0 aliphatic carbocycles. The Morgan fingerprint density at radius 1 is 0.976 bits per heavy atom. The molecule has 3 heterocycles. The molecule has 9 nitrogen and oxygen atoms in total. The lowest BCUT2D eigenvalue weighted by molar-refractivity contribution is 0.00578. The van der Waals surface area contributed by atoms with Gasteiger partial charge < -0.3 is 14.0 Å². The third kappa shape index (κ3) is 4.80. The van der Waals surface area contributed by atoms with Crippen LogP contribution in [-0.4, -0.2) is 32.9 Å². The van der Waals surface area contributed by atoms with Gasteiger partial charge in [-0.2, -0.15) is 10.2 Å². The van der Waals surface area contributed by atoms with Crippen molar-refractivity contribution in [1.82, 2.24) is 14.5 Å². The Hall–Kier alpha value is -4.72. The molecule has 1 saturated heterocycles. The summed E-state index contributed by atoms with van der Waals surface area (Å²) < 4.78 is 20.2. The molecule has 0 spiro atoms. The number of pyridine rings is 1. The van der Waals surface area contributed by atoms with Gasteiger partial charge in [0.2, 0.25) is 0 Å². The van der Waals surface area contributed by atoms with Crippen molar-refractivity contribution in [3.05, 3.63) is 105 Å². The van der Waals surface area contributed by atoms with Crippen LogP contribution in [0.15, 0.2) is 82.4 Å². The normalized spacial score (nSPS) is 15.7. The van der Waals surface area contributed by atoms with Crippen molar-refractivity contribution < 1.29 is 14.0 Å². The number of nitrogens with zero attached hydrogens (tertiary/aromatic N) is 3. The van der Waals surface area contributed by atoms with Gasteiger partial charge in [0.15, 0.2) is 5.82 Å². The Balaban J connectivity index is 1.29. The molecule has 6 rings (SSSR count). The summed E-state index contributed by atoms with van der Waals surface area (Å²) in [6, 6.07) is 24.2. The number of ether oxygens (including phenoxy) is 1. The number of nitrogens with one attached hydrogen (secondary N) is 1. The summed E-state index contributed by atoms with van der Waals surface area (Å²) in [6.45, 7) is 8.44. The van der Waals surface area contributed by atoms with E-state index in [1.807, 2.05) is 76.2 Å². The highest BCUT2D eigenvalue weighted by molar-refractivity contribution is 6.62. The van der Waals surface area contributed by atoms with Gasteiger partial charge in [0, 0.05) is 5.69 Å². The molecular weight excluding hydrogens is 519 g/mol. The molecular formula is C31H27BN4O5. The van der Waals surface area contributed by atoms with Crippen LogP contribution >= 0.6 is 0 Å². The van der Waals surface area contributed by atoms with Crippen LogP contribution in [0.3, 0.4) is 0 Å². The predicted molar refractivity (Wildman–Crippen MR) is 156 cm³/mol. The van der Waals surface area contributed by atoms with E-state index in [0.29, 0.717) is 29.1 Å². The average molecular weight is 546 g/mol. The molecule has 41 heavy (non-hydrogen) atoms. The number of nitriles is 1. The smallest absolute Gasteiger partial charge is 0.489 e. The van der Waals surface area contributed by atoms with Crippen molar-refractivity contribution >= 4 is 23.5 Å². The van der Waals surface area contributed by atoms with Crippen LogP contribution in [0.5, 0.6) is 5.75 Å². The quantitative estimate of drug-likeness (QED) is 0.262. The highest BCUT2D eigenvalue weighted by Gasteiger charge is 2.51. The monoisotopic (exact) mass is 546 g/mol. The van der Waals surface area contributed by atoms with Gasteiger partial charge in [-0.1, -0.05) is 30.3 Å². The van der Waals surface area contributed by atoms with E-state index in [-0.39, 0.29) is 11.4 Å². The van der Waals surface area contributed by atoms with Gasteiger partial charge in [-0.3, -0.25) is 14.3 Å². The summed E-state index contributed by atoms with van der Waals surface area (Å²) in [7, 11) is -0.455. The second kappa shape index (κ2) is 9.73. The Kier molecular flexibility index (Phi) is 6.29. The number of hydrogen-bond acceptors (Lipinski definition) is 7. The molecule has 3 aliphatic heterocycles. The van der Waals surface area contributed by atoms with Gasteiger partial charge in [0.25, 0.3) is 5.56 Å². The van der Waals surface area contributed by atoms with Crippen LogP contribution < -0.4 is 21.4 Å². The molecule has 0 bridgehead atoms. The fraction of sp³-hybridized carbons (Fsp3) is 0.226. The lowest BCUT2D eigenvalue weighted by Crippen LogP contribution is -2.41. The van der Waals surface area contributed by atoms with E-state index < -0.39 is 29.6 Å². The molecule has 3 aromatic carbocycles. The fourth-order valence-corrected chi connectivity index (χ4v) is 4.88. The maximum absolute atomic E-state index is 12.6. The van der Waals surface area contributed by atoms with E-state index >= 15 is 0 Å². The Bertz CT molecular complexity index is 1900. The van der Waals surface area contributed by atoms with Crippen LogP contribution in [-0.2, 0) is 15.9 Å². The standard InChI is InChI=1S/C31H27BN4O5/c1-30(2)31(3,4)41-32(40-30)22-7-5-6-20(14-22)18-39-24-12-10-23(11-13-24)36-26-15-19(17-33)8-9-21(26)16-25-27(36)34-29(38)35-28(25)37/h5-16H,18H2,1-4H3,(H,35,37,38). The molecule has 3 aliphatic rings. The number of aromatic nitrogens is 3. The topological polar surface area (TPSA) is 119 Å². The fourth-order valence-electron chi connectivity index (χ4n) is 4.88. The van der Waals surface area contributed by atoms with Gasteiger partial charge >= 0.3 is 12.8 Å². The van der Waals surface area contributed by atoms with Crippen LogP contribution in [0.1, 0.15) is 38.8 Å². The van der Waals surface area contributed by atoms with Crippen LogP contribution in [0.4, 0.5) is 0 Å². The molecule has 204 valence electrons. The third-order valence-electron chi connectivity index (χ3n) is 7.80. The second-order valence-electron chi connectivity index (χ2n) is 11.1. The minimum absolute atomic E-state index is 0.203. The van der Waals surface area contributed by atoms with E-state index in [1.54, 1.807) is 28.8 Å². The van der Waals surface area contributed by atoms with E-state index in [2.05, 4.69) is 16.0 Å². The number of H-pyrrole nitrogens is 1. The van der Waals surface area contributed by atoms with Crippen molar-refractivity contribution in [2.45, 2.75) is 45.5 Å². The number of fused-ring (bicyclic) bond motifs is 2. The van der Waals surface area contributed by atoms with Crippen molar-refractivity contribution in [1.29, 1.82) is 5.26 Å². The Labute approximate surface area is 236 Å². The molecule has 0 amide bonds. The largest absolute Gasteiger partial charge is 0.494 e. The molecule has 1 N–H and O–H groups in total. The van der Waals surface area contributed by atoms with Crippen LogP contribution in [0.2, 0.25) is 0 Å². The summed E-state index contributed by atoms with van der Waals surface area (Å²) >= 11 is 0. The maximum atomic E-state index is 12.6. The zero-order valence-electron chi connectivity index (χ0n) is 23.1. The Morgan fingerprint density at radius 2 is 1.71 bits per heavy atom. The summed E-state index contributed by atoms with van der Waals surface area (Å²) in [5, 5.41) is 10.2. The lowest BCUT2D eigenvalue weighted by atomic mass is 9.78. The van der Waals surface area contributed by atoms with Crippen LogP contribution in [0, 0.1) is 11.3 Å². The zero-order valence-corrected chi connectivity index (χ0v) is 23.1. The van der Waals surface area contributed by atoms with Crippen molar-refractivity contribution in [2.75, 3.05) is 0 Å². The number of hydrogen-bond donors (Lipinski definition) is 1. The molecule has 3 aromatic rings. The molecule has 10 heteroatoms. The zero-order chi connectivity index (χ0) is 28.9. The minimum Gasteiger partial charge on any atom is -0.489 e. The summed E-state index contributed by atoms with van der Waals surface area (Å²) in [6.07, 6.45) is 0. The van der Waals surface area contributed by atoms with E-state index in [1.165, 1.54) is 0 Å². The SMILES string of the molecule is CC1(C)OB(c2cccc(COc3ccc(-n4c5nc(=O)[nH]c(=O)c-5cc5ccc(C#N)cc54)cc3)c2)OC1(C)C. The third-order valence-corrected chi connectivity index (χ3v) is 7.80. The van der Waals surface area contributed by atoms with Gasteiger partial charge in [0.1, 0.15) is 12.4 Å². The number of benzene rings is 3. The van der Waals surface area contributed by atoms with Gasteiger partial charge in [-0.05, 0) is 86.6 Å². The average Bonchev–Trinajstić information content (AvgIpc) is 3.17. The molecule has 0 saturated carbocycles. The number of aromatic amines is 1. The van der Waals surface area contributed by atoms with E-state index in [0.717, 1.165) is 16.4 Å². The Morgan fingerprint density at radius 3 is 2.41 bits per heavy atom. The molecule has 1 fully saturated rings. The first-order valence-corrected chi connectivity index (χ1v) is 13.2. The second-order valence-corrected chi connectivity index (χ2v) is 11.1. The molecule has 0 unspecified atom stereocenters. The van der Waals surface area contributed by atoms with Crippen molar-refractivity contribution in [3.63, 3.8) is 0 Å². The lowest BCUT2D eigenvalue weighted by Gasteiger charge is -2.32. The van der Waals surface area contributed by atoms with Gasteiger partial charge in [0.05, 0.1) is 33.9 Å². The first-order valence-electron chi connectivity index (χ1n) is 13.2. The van der Waals surface area contributed by atoms with Gasteiger partial charge in [-0.15, -0.1) is 0 Å². The van der Waals surface area contributed by atoms with Crippen molar-refractivity contribution in [3.8, 4) is 28.9 Å². The number of rotatable bonds is 5. The van der Waals surface area contributed by atoms with E-state index in [4.69, 9.17) is 14.0 Å². The first-order chi connectivity index (χ1) is 19.5.